The van der Waals surface area contributed by atoms with Gasteiger partial charge in [0, 0.05) is 27.6 Å². The normalized spacial score (nSPS) is 10.2. The van der Waals surface area contributed by atoms with Crippen molar-refractivity contribution in [2.45, 2.75) is 6.42 Å². The van der Waals surface area contributed by atoms with Gasteiger partial charge < -0.3 is 10.5 Å². The van der Waals surface area contributed by atoms with Gasteiger partial charge in [-0.25, -0.2) is 0 Å². The van der Waals surface area contributed by atoms with E-state index in [1.807, 2.05) is 6.07 Å². The summed E-state index contributed by atoms with van der Waals surface area (Å²) in [4.78, 5) is 16.4. The van der Waals surface area contributed by atoms with Crippen LogP contribution in [0.15, 0.2) is 41.0 Å². The average Bonchev–Trinajstić information content (AvgIpc) is 2.42. The summed E-state index contributed by atoms with van der Waals surface area (Å²) in [6.07, 6.45) is 1.88. The Morgan fingerprint density at radius 1 is 1.37 bits per heavy atom. The quantitative estimate of drug-likeness (QED) is 0.695. The molecule has 0 saturated heterocycles. The molecular weight excluding hydrogens is 308 g/mol. The number of ether oxygens (including phenoxy) is 1. The fraction of sp³-hybridized carbons (Fsp3) is 0.143. The molecule has 1 aromatic heterocycles. The van der Waals surface area contributed by atoms with Crippen molar-refractivity contribution >= 4 is 27.4 Å². The predicted molar refractivity (Wildman–Crippen MR) is 77.4 cm³/mol. The summed E-state index contributed by atoms with van der Waals surface area (Å²) in [5.74, 6) is 0.535. The second kappa shape index (κ2) is 5.84. The molecule has 0 bridgehead atoms. The van der Waals surface area contributed by atoms with Crippen molar-refractivity contribution in [3.63, 3.8) is 0 Å². The van der Waals surface area contributed by atoms with Crippen LogP contribution in [0.5, 0.6) is 5.75 Å². The van der Waals surface area contributed by atoms with Gasteiger partial charge in [0.05, 0.1) is 13.5 Å². The van der Waals surface area contributed by atoms with Gasteiger partial charge in [-0.1, -0.05) is 0 Å². The van der Waals surface area contributed by atoms with E-state index in [-0.39, 0.29) is 12.2 Å². The number of benzene rings is 1. The Kier molecular flexibility index (Phi) is 4.16. The topological polar surface area (TPSA) is 65.2 Å². The number of carbonyl (C=O) groups is 1. The van der Waals surface area contributed by atoms with E-state index < -0.39 is 0 Å². The zero-order chi connectivity index (χ0) is 13.8. The largest absolute Gasteiger partial charge is 0.497 e. The Bertz CT molecular complexity index is 597. The number of aromatic nitrogens is 1. The molecule has 2 N–H and O–H groups in total. The molecule has 2 aromatic rings. The van der Waals surface area contributed by atoms with Crippen LogP contribution >= 0.6 is 15.9 Å². The Morgan fingerprint density at radius 2 is 2.16 bits per heavy atom. The van der Waals surface area contributed by atoms with Crippen molar-refractivity contribution < 1.29 is 9.53 Å². The Balaban J connectivity index is 2.22. The van der Waals surface area contributed by atoms with Gasteiger partial charge in [0.15, 0.2) is 5.78 Å². The fourth-order valence-corrected chi connectivity index (χ4v) is 1.91. The number of carbonyl (C=O) groups excluding carboxylic acids is 1. The van der Waals surface area contributed by atoms with Crippen LogP contribution in [-0.2, 0) is 6.42 Å². The SMILES string of the molecule is COc1ccc(N)c(C(=O)Cc2ccc(Br)cn2)c1. The summed E-state index contributed by atoms with van der Waals surface area (Å²) in [7, 11) is 1.55. The standard InChI is InChI=1S/C14H13BrN2O2/c1-19-11-4-5-13(16)12(7-11)14(18)6-10-3-2-9(15)8-17-10/h2-5,7-8H,6,16H2,1H3. The highest BCUT2D eigenvalue weighted by Crippen LogP contribution is 2.21. The average molecular weight is 321 g/mol. The third kappa shape index (κ3) is 3.32. The second-order valence-electron chi connectivity index (χ2n) is 4.02. The van der Waals surface area contributed by atoms with Gasteiger partial charge in [-0.05, 0) is 46.3 Å². The van der Waals surface area contributed by atoms with Gasteiger partial charge in [-0.2, -0.15) is 0 Å². The molecule has 0 unspecified atom stereocenters. The molecule has 1 heterocycles. The van der Waals surface area contributed by atoms with E-state index in [2.05, 4.69) is 20.9 Å². The number of rotatable bonds is 4. The number of hydrogen-bond donors (Lipinski definition) is 1. The molecule has 0 fully saturated rings. The summed E-state index contributed by atoms with van der Waals surface area (Å²) in [6, 6.07) is 8.70. The van der Waals surface area contributed by atoms with Crippen molar-refractivity contribution in [1.29, 1.82) is 0 Å². The molecule has 0 aliphatic heterocycles. The van der Waals surface area contributed by atoms with Crippen LogP contribution in [0.3, 0.4) is 0 Å². The lowest BCUT2D eigenvalue weighted by molar-refractivity contribution is 0.0992. The molecule has 1 aromatic carbocycles. The number of Topliss-reactive ketones (excluding diaryl/α,β-unsaturated/α-hetero) is 1. The van der Waals surface area contributed by atoms with E-state index in [0.29, 0.717) is 22.7 Å². The summed E-state index contributed by atoms with van der Waals surface area (Å²) < 4.78 is 5.98. The van der Waals surface area contributed by atoms with Crippen molar-refractivity contribution in [2.24, 2.45) is 0 Å². The van der Waals surface area contributed by atoms with Crippen LogP contribution in [0, 0.1) is 0 Å². The molecule has 0 saturated carbocycles. The first-order valence-electron chi connectivity index (χ1n) is 5.67. The maximum absolute atomic E-state index is 12.2. The highest BCUT2D eigenvalue weighted by atomic mass is 79.9. The predicted octanol–water partition coefficient (Wildman–Crippen LogP) is 2.86. The number of nitrogen functional groups attached to an aromatic ring is 1. The van der Waals surface area contributed by atoms with Crippen LogP contribution in [0.1, 0.15) is 16.1 Å². The molecule has 2 rings (SSSR count). The van der Waals surface area contributed by atoms with E-state index in [9.17, 15) is 4.79 Å². The fourth-order valence-electron chi connectivity index (χ4n) is 1.67. The van der Waals surface area contributed by atoms with E-state index in [1.165, 1.54) is 0 Å². The molecule has 0 spiro atoms. The van der Waals surface area contributed by atoms with Crippen molar-refractivity contribution in [3.8, 4) is 5.75 Å². The minimum absolute atomic E-state index is 0.0776. The van der Waals surface area contributed by atoms with E-state index in [4.69, 9.17) is 10.5 Å². The molecule has 0 radical (unpaired) electrons. The Morgan fingerprint density at radius 3 is 2.79 bits per heavy atom. The number of halogens is 1. The third-order valence-corrected chi connectivity index (χ3v) is 3.16. The Hall–Kier alpha value is -1.88. The van der Waals surface area contributed by atoms with Crippen LogP contribution in [0.4, 0.5) is 5.69 Å². The molecule has 4 nitrogen and oxygen atoms in total. The lowest BCUT2D eigenvalue weighted by Crippen LogP contribution is -2.08. The highest BCUT2D eigenvalue weighted by molar-refractivity contribution is 9.10. The van der Waals surface area contributed by atoms with E-state index in [0.717, 1.165) is 4.47 Å². The Labute approximate surface area is 119 Å². The first-order valence-corrected chi connectivity index (χ1v) is 6.46. The maximum atomic E-state index is 12.2. The highest BCUT2D eigenvalue weighted by Gasteiger charge is 2.12. The van der Waals surface area contributed by atoms with Crippen LogP contribution < -0.4 is 10.5 Å². The first-order chi connectivity index (χ1) is 9.10. The number of anilines is 1. The minimum Gasteiger partial charge on any atom is -0.497 e. The van der Waals surface area contributed by atoms with Gasteiger partial charge in [-0.3, -0.25) is 9.78 Å². The monoisotopic (exact) mass is 320 g/mol. The maximum Gasteiger partial charge on any atom is 0.171 e. The summed E-state index contributed by atoms with van der Waals surface area (Å²) in [5, 5.41) is 0. The van der Waals surface area contributed by atoms with Crippen molar-refractivity contribution in [3.05, 3.63) is 52.3 Å². The van der Waals surface area contributed by atoms with Gasteiger partial charge >= 0.3 is 0 Å². The molecule has 0 amide bonds. The number of pyridine rings is 1. The summed E-state index contributed by atoms with van der Waals surface area (Å²) in [6.45, 7) is 0. The minimum atomic E-state index is -0.0776. The van der Waals surface area contributed by atoms with Crippen molar-refractivity contribution in [1.82, 2.24) is 4.98 Å². The molecule has 19 heavy (non-hydrogen) atoms. The number of nitrogens with zero attached hydrogens (tertiary/aromatic N) is 1. The summed E-state index contributed by atoms with van der Waals surface area (Å²) in [5.41, 5.74) is 7.43. The number of ketones is 1. The smallest absolute Gasteiger partial charge is 0.171 e. The zero-order valence-electron chi connectivity index (χ0n) is 10.4. The third-order valence-electron chi connectivity index (χ3n) is 2.69. The molecular formula is C14H13BrN2O2. The molecule has 5 heteroatoms. The second-order valence-corrected chi connectivity index (χ2v) is 4.94. The molecule has 0 aliphatic rings. The van der Waals surface area contributed by atoms with E-state index in [1.54, 1.807) is 37.6 Å². The van der Waals surface area contributed by atoms with Gasteiger partial charge in [0.2, 0.25) is 0 Å². The van der Waals surface area contributed by atoms with Gasteiger partial charge in [-0.15, -0.1) is 0 Å². The lowest BCUT2D eigenvalue weighted by atomic mass is 10.0. The number of methoxy groups -OCH3 is 1. The first kappa shape index (κ1) is 13.5. The van der Waals surface area contributed by atoms with E-state index >= 15 is 0 Å². The van der Waals surface area contributed by atoms with Gasteiger partial charge in [0.1, 0.15) is 5.75 Å². The van der Waals surface area contributed by atoms with Crippen LogP contribution in [-0.4, -0.2) is 17.9 Å². The number of hydrogen-bond acceptors (Lipinski definition) is 4. The molecule has 98 valence electrons. The van der Waals surface area contributed by atoms with Crippen LogP contribution in [0.2, 0.25) is 0 Å². The van der Waals surface area contributed by atoms with Crippen LogP contribution in [0.25, 0.3) is 0 Å². The van der Waals surface area contributed by atoms with Gasteiger partial charge in [0.25, 0.3) is 0 Å². The molecule has 0 aliphatic carbocycles. The lowest BCUT2D eigenvalue weighted by Gasteiger charge is -2.07. The summed E-state index contributed by atoms with van der Waals surface area (Å²) >= 11 is 3.30. The zero-order valence-corrected chi connectivity index (χ0v) is 12.0. The number of nitrogens with two attached hydrogens (primary N) is 1. The molecule has 0 atom stereocenters. The van der Waals surface area contributed by atoms with Crippen molar-refractivity contribution in [2.75, 3.05) is 12.8 Å².